The molecule has 0 aliphatic heterocycles. The number of hydrogen-bond donors (Lipinski definition) is 1. The lowest BCUT2D eigenvalue weighted by atomic mass is 10.0. The Hall–Kier alpha value is -0.480. The predicted molar refractivity (Wildman–Crippen MR) is 73.3 cm³/mol. The fraction of sp³-hybridized carbons (Fsp3) is 0.333. The van der Waals surface area contributed by atoms with Gasteiger partial charge in [-0.2, -0.15) is 0 Å². The fourth-order valence-corrected chi connectivity index (χ4v) is 3.37. The van der Waals surface area contributed by atoms with Crippen LogP contribution in [0.5, 0.6) is 0 Å². The van der Waals surface area contributed by atoms with Crippen LogP contribution in [-0.4, -0.2) is 6.54 Å². The summed E-state index contributed by atoms with van der Waals surface area (Å²) in [5.74, 6) is 0.898. The third kappa shape index (κ3) is 2.68. The summed E-state index contributed by atoms with van der Waals surface area (Å²) >= 11 is 13.6. The van der Waals surface area contributed by atoms with Crippen LogP contribution in [0.3, 0.4) is 0 Å². The third-order valence-electron chi connectivity index (χ3n) is 2.61. The van der Waals surface area contributed by atoms with E-state index in [0.29, 0.717) is 4.34 Å². The highest BCUT2D eigenvalue weighted by molar-refractivity contribution is 7.20. The van der Waals surface area contributed by atoms with Gasteiger partial charge in [0, 0.05) is 11.1 Å². The minimum absolute atomic E-state index is 0.0370. The molecule has 0 radical (unpaired) electrons. The van der Waals surface area contributed by atoms with Crippen LogP contribution in [0.4, 0.5) is 0 Å². The first-order chi connectivity index (χ1) is 8.13. The Morgan fingerprint density at radius 1 is 1.41 bits per heavy atom. The van der Waals surface area contributed by atoms with Crippen molar-refractivity contribution in [3.63, 3.8) is 0 Å². The van der Waals surface area contributed by atoms with Gasteiger partial charge in [0.15, 0.2) is 0 Å². The molecule has 2 aromatic heterocycles. The van der Waals surface area contributed by atoms with Crippen molar-refractivity contribution in [3.8, 4) is 0 Å². The van der Waals surface area contributed by atoms with Crippen LogP contribution in [0.2, 0.25) is 8.67 Å². The van der Waals surface area contributed by atoms with Gasteiger partial charge in [-0.15, -0.1) is 11.3 Å². The van der Waals surface area contributed by atoms with E-state index in [1.807, 2.05) is 19.1 Å². The highest BCUT2D eigenvalue weighted by Crippen LogP contribution is 2.38. The molecular weight excluding hydrogens is 277 g/mol. The van der Waals surface area contributed by atoms with Gasteiger partial charge in [0.1, 0.15) is 5.76 Å². The number of aryl methyl sites for hydroxylation is 1. The minimum atomic E-state index is 0.0370. The Kier molecular flexibility index (Phi) is 4.15. The monoisotopic (exact) mass is 289 g/mol. The normalized spacial score (nSPS) is 12.9. The predicted octanol–water partition coefficient (Wildman–Crippen LogP) is 4.66. The van der Waals surface area contributed by atoms with E-state index in [-0.39, 0.29) is 6.04 Å². The second-order valence-corrected chi connectivity index (χ2v) is 5.99. The molecular formula is C12H13Cl2NOS. The first-order valence-electron chi connectivity index (χ1n) is 5.35. The lowest BCUT2D eigenvalue weighted by Crippen LogP contribution is -2.21. The first kappa shape index (κ1) is 13.0. The lowest BCUT2D eigenvalue weighted by molar-refractivity contribution is 0.520. The topological polar surface area (TPSA) is 25.2 Å². The molecule has 1 unspecified atom stereocenters. The lowest BCUT2D eigenvalue weighted by Gasteiger charge is -2.16. The van der Waals surface area contributed by atoms with Gasteiger partial charge in [0.2, 0.25) is 0 Å². The maximum Gasteiger partial charge on any atom is 0.105 e. The zero-order valence-electron chi connectivity index (χ0n) is 9.59. The summed E-state index contributed by atoms with van der Waals surface area (Å²) in [6, 6.07) is 3.91. The molecule has 1 N–H and O–H groups in total. The highest BCUT2D eigenvalue weighted by Gasteiger charge is 2.21. The summed E-state index contributed by atoms with van der Waals surface area (Å²) < 4.78 is 6.77. The quantitative estimate of drug-likeness (QED) is 0.886. The molecule has 2 nitrogen and oxygen atoms in total. The molecule has 0 saturated carbocycles. The molecule has 0 bridgehead atoms. The van der Waals surface area contributed by atoms with E-state index < -0.39 is 0 Å². The summed E-state index contributed by atoms with van der Waals surface area (Å²) in [7, 11) is 0. The van der Waals surface area contributed by atoms with Crippen molar-refractivity contribution in [1.82, 2.24) is 5.32 Å². The van der Waals surface area contributed by atoms with E-state index in [4.69, 9.17) is 27.6 Å². The van der Waals surface area contributed by atoms with Gasteiger partial charge in [-0.3, -0.25) is 0 Å². The Balaban J connectivity index is 2.42. The number of halogens is 2. The molecule has 17 heavy (non-hydrogen) atoms. The molecule has 92 valence electrons. The van der Waals surface area contributed by atoms with Crippen LogP contribution in [0, 0.1) is 6.92 Å². The van der Waals surface area contributed by atoms with E-state index >= 15 is 0 Å². The summed E-state index contributed by atoms with van der Waals surface area (Å²) in [5.41, 5.74) is 2.11. The van der Waals surface area contributed by atoms with Gasteiger partial charge < -0.3 is 9.73 Å². The minimum Gasteiger partial charge on any atom is -0.469 e. The molecule has 2 aromatic rings. The Morgan fingerprint density at radius 2 is 2.18 bits per heavy atom. The number of hydrogen-bond acceptors (Lipinski definition) is 3. The van der Waals surface area contributed by atoms with E-state index in [0.717, 1.165) is 27.8 Å². The van der Waals surface area contributed by atoms with Crippen LogP contribution >= 0.6 is 34.5 Å². The molecule has 0 spiro atoms. The van der Waals surface area contributed by atoms with Gasteiger partial charge >= 0.3 is 0 Å². The van der Waals surface area contributed by atoms with Gasteiger partial charge in [-0.25, -0.2) is 0 Å². The zero-order valence-corrected chi connectivity index (χ0v) is 11.9. The fourth-order valence-electron chi connectivity index (χ4n) is 1.84. The number of rotatable bonds is 4. The molecule has 0 saturated heterocycles. The molecule has 0 aliphatic carbocycles. The number of furan rings is 1. The second kappa shape index (κ2) is 5.44. The van der Waals surface area contributed by atoms with E-state index in [1.165, 1.54) is 11.3 Å². The Labute approximate surface area is 115 Å². The molecule has 0 amide bonds. The Bertz CT molecular complexity index is 506. The molecule has 0 aliphatic rings. The largest absolute Gasteiger partial charge is 0.469 e. The van der Waals surface area contributed by atoms with Gasteiger partial charge in [0.25, 0.3) is 0 Å². The summed E-state index contributed by atoms with van der Waals surface area (Å²) in [5, 5.41) is 3.40. The molecule has 2 rings (SSSR count). The van der Waals surface area contributed by atoms with Crippen LogP contribution in [-0.2, 0) is 0 Å². The van der Waals surface area contributed by atoms with Crippen molar-refractivity contribution in [1.29, 1.82) is 0 Å². The number of nitrogens with one attached hydrogen (secondary N) is 1. The van der Waals surface area contributed by atoms with Crippen LogP contribution in [0.15, 0.2) is 22.8 Å². The van der Waals surface area contributed by atoms with Gasteiger partial charge in [-0.05, 0) is 25.6 Å². The second-order valence-electron chi connectivity index (χ2n) is 3.70. The molecule has 0 fully saturated rings. The van der Waals surface area contributed by atoms with Crippen molar-refractivity contribution in [3.05, 3.63) is 44.0 Å². The van der Waals surface area contributed by atoms with Crippen molar-refractivity contribution in [2.45, 2.75) is 19.9 Å². The molecule has 1 atom stereocenters. The average Bonchev–Trinajstić information content (AvgIpc) is 2.82. The van der Waals surface area contributed by atoms with Crippen LogP contribution in [0.1, 0.15) is 29.9 Å². The maximum atomic E-state index is 6.21. The standard InChI is InChI=1S/C12H13Cl2NOS/c1-3-15-11(8-4-5-16-7(8)2)9-6-10(13)17-12(9)14/h4-6,11,15H,3H2,1-2H3. The summed E-state index contributed by atoms with van der Waals surface area (Å²) in [4.78, 5) is 0. The van der Waals surface area contributed by atoms with Gasteiger partial charge in [0.05, 0.1) is 21.0 Å². The van der Waals surface area contributed by atoms with Crippen LogP contribution < -0.4 is 5.32 Å². The molecule has 2 heterocycles. The number of thiophene rings is 1. The van der Waals surface area contributed by atoms with Crippen molar-refractivity contribution in [2.24, 2.45) is 0 Å². The Morgan fingerprint density at radius 3 is 2.65 bits per heavy atom. The van der Waals surface area contributed by atoms with Crippen molar-refractivity contribution >= 4 is 34.5 Å². The first-order valence-corrected chi connectivity index (χ1v) is 6.92. The zero-order chi connectivity index (χ0) is 12.4. The molecule has 0 aromatic carbocycles. The van der Waals surface area contributed by atoms with E-state index in [9.17, 15) is 0 Å². The molecule has 5 heteroatoms. The summed E-state index contributed by atoms with van der Waals surface area (Å²) in [6.45, 7) is 4.85. The average molecular weight is 290 g/mol. The third-order valence-corrected chi connectivity index (χ3v) is 4.13. The van der Waals surface area contributed by atoms with Gasteiger partial charge in [-0.1, -0.05) is 30.1 Å². The van der Waals surface area contributed by atoms with Crippen molar-refractivity contribution in [2.75, 3.05) is 6.54 Å². The van der Waals surface area contributed by atoms with E-state index in [2.05, 4.69) is 12.2 Å². The van der Waals surface area contributed by atoms with E-state index in [1.54, 1.807) is 6.26 Å². The maximum absolute atomic E-state index is 6.21. The highest BCUT2D eigenvalue weighted by atomic mass is 35.5. The summed E-state index contributed by atoms with van der Waals surface area (Å²) in [6.07, 6.45) is 1.69. The smallest absolute Gasteiger partial charge is 0.105 e. The SMILES string of the molecule is CCNC(c1ccoc1C)c1cc(Cl)sc1Cl. The van der Waals surface area contributed by atoms with Crippen molar-refractivity contribution < 1.29 is 4.42 Å². The van der Waals surface area contributed by atoms with Crippen LogP contribution in [0.25, 0.3) is 0 Å².